The summed E-state index contributed by atoms with van der Waals surface area (Å²) in [5, 5.41) is 6.01. The first-order chi connectivity index (χ1) is 12.8. The van der Waals surface area contributed by atoms with Gasteiger partial charge in [-0.05, 0) is 31.2 Å². The Hall–Kier alpha value is -3.09. The number of benzene rings is 2. The smallest absolute Gasteiger partial charge is 0.361 e. The molecule has 1 aromatic heterocycles. The highest BCUT2D eigenvalue weighted by Crippen LogP contribution is 2.29. The monoisotopic (exact) mass is 376 g/mol. The summed E-state index contributed by atoms with van der Waals surface area (Å²) < 4.78 is 42.1. The maximum Gasteiger partial charge on any atom is 0.416 e. The van der Waals surface area contributed by atoms with Crippen LogP contribution in [0.5, 0.6) is 0 Å². The first-order valence-corrected chi connectivity index (χ1v) is 8.25. The van der Waals surface area contributed by atoms with Gasteiger partial charge in [-0.25, -0.2) is 0 Å². The molecular weight excluding hydrogens is 357 g/mol. The summed E-state index contributed by atoms with van der Waals surface area (Å²) in [6.45, 7) is 3.88. The molecule has 3 aromatic rings. The lowest BCUT2D eigenvalue weighted by Crippen LogP contribution is -2.13. The number of anilines is 1. The van der Waals surface area contributed by atoms with Gasteiger partial charge in [0.25, 0.3) is 5.91 Å². The molecule has 1 heterocycles. The molecule has 0 spiro atoms. The fraction of sp³-hybridized carbons (Fsp3) is 0.200. The molecule has 142 valence electrons. The van der Waals surface area contributed by atoms with E-state index in [1.54, 1.807) is 6.92 Å². The van der Waals surface area contributed by atoms with E-state index in [0.29, 0.717) is 12.2 Å². The fourth-order valence-corrected chi connectivity index (χ4v) is 2.18. The molecule has 0 saturated carbocycles. The fourth-order valence-electron chi connectivity index (χ4n) is 2.18. The van der Waals surface area contributed by atoms with E-state index in [2.05, 4.69) is 29.5 Å². The molecule has 0 aliphatic rings. The van der Waals surface area contributed by atoms with Gasteiger partial charge in [-0.3, -0.25) is 4.79 Å². The van der Waals surface area contributed by atoms with Crippen LogP contribution in [0.1, 0.15) is 34.2 Å². The van der Waals surface area contributed by atoms with Gasteiger partial charge in [0, 0.05) is 12.1 Å². The lowest BCUT2D eigenvalue weighted by Gasteiger charge is -2.08. The van der Waals surface area contributed by atoms with Crippen LogP contribution in [-0.2, 0) is 12.6 Å². The molecular formula is C20H19F3N2O2. The minimum absolute atomic E-state index is 0.270. The van der Waals surface area contributed by atoms with Crippen molar-refractivity contribution in [3.63, 3.8) is 0 Å². The number of hydrogen-bond donors (Lipinski definition) is 1. The predicted octanol–water partition coefficient (Wildman–Crippen LogP) is 5.50. The second-order valence-corrected chi connectivity index (χ2v) is 5.70. The van der Waals surface area contributed by atoms with E-state index in [-0.39, 0.29) is 11.3 Å². The van der Waals surface area contributed by atoms with Crippen molar-refractivity contribution in [2.24, 2.45) is 0 Å². The quantitative estimate of drug-likeness (QED) is 0.656. The Labute approximate surface area is 155 Å². The molecule has 0 atom stereocenters. The predicted molar refractivity (Wildman–Crippen MR) is 96.5 cm³/mol. The average Bonchev–Trinajstić information content (AvgIpc) is 3.11. The Bertz CT molecular complexity index is 857. The number of aryl methyl sites for hydroxylation is 2. The van der Waals surface area contributed by atoms with Gasteiger partial charge >= 0.3 is 6.18 Å². The number of hydrogen-bond acceptors (Lipinski definition) is 3. The molecule has 1 amide bonds. The highest BCUT2D eigenvalue weighted by molar-refractivity contribution is 6.04. The van der Waals surface area contributed by atoms with E-state index in [1.807, 2.05) is 18.2 Å². The third-order valence-electron chi connectivity index (χ3n) is 3.62. The normalized spacial score (nSPS) is 10.7. The summed E-state index contributed by atoms with van der Waals surface area (Å²) in [6, 6.07) is 14.5. The number of amides is 1. The molecule has 0 bridgehead atoms. The maximum atomic E-state index is 12.4. The third kappa shape index (κ3) is 5.99. The molecule has 0 fully saturated rings. The summed E-state index contributed by atoms with van der Waals surface area (Å²) >= 11 is 0. The molecule has 7 heteroatoms. The first-order valence-electron chi connectivity index (χ1n) is 8.25. The maximum absolute atomic E-state index is 12.4. The number of rotatable bonds is 3. The average molecular weight is 376 g/mol. The number of carbonyl (C=O) groups is 1. The molecule has 0 unspecified atom stereocenters. The molecule has 27 heavy (non-hydrogen) atoms. The van der Waals surface area contributed by atoms with Crippen LogP contribution in [0, 0.1) is 6.92 Å². The lowest BCUT2D eigenvalue weighted by atomic mass is 10.2. The Morgan fingerprint density at radius 3 is 2.19 bits per heavy atom. The molecule has 1 N–H and O–H groups in total. The Balaban J connectivity index is 0.000000313. The van der Waals surface area contributed by atoms with E-state index in [4.69, 9.17) is 4.52 Å². The van der Waals surface area contributed by atoms with Crippen LogP contribution in [-0.4, -0.2) is 11.1 Å². The zero-order valence-electron chi connectivity index (χ0n) is 14.9. The van der Waals surface area contributed by atoms with Crippen LogP contribution in [0.3, 0.4) is 0 Å². The molecule has 2 aromatic carbocycles. The molecule has 0 saturated heterocycles. The van der Waals surface area contributed by atoms with E-state index < -0.39 is 17.6 Å². The summed E-state index contributed by atoms with van der Waals surface area (Å²) in [4.78, 5) is 11.9. The number of nitrogens with one attached hydrogen (secondary N) is 1. The zero-order valence-corrected chi connectivity index (χ0v) is 14.9. The van der Waals surface area contributed by atoms with Crippen molar-refractivity contribution in [1.29, 1.82) is 0 Å². The third-order valence-corrected chi connectivity index (χ3v) is 3.62. The largest absolute Gasteiger partial charge is 0.416 e. The number of nitrogens with zero attached hydrogens (tertiary/aromatic N) is 1. The van der Waals surface area contributed by atoms with Gasteiger partial charge < -0.3 is 9.84 Å². The zero-order chi connectivity index (χ0) is 19.9. The van der Waals surface area contributed by atoms with Crippen LogP contribution in [0.2, 0.25) is 0 Å². The van der Waals surface area contributed by atoms with E-state index in [0.717, 1.165) is 12.1 Å². The van der Waals surface area contributed by atoms with Gasteiger partial charge in [0.05, 0.1) is 11.8 Å². The van der Waals surface area contributed by atoms with Gasteiger partial charge in [-0.15, -0.1) is 0 Å². The van der Waals surface area contributed by atoms with Gasteiger partial charge in [-0.2, -0.15) is 13.2 Å². The standard InChI is InChI=1S/C13H11F3N2O2.C7H8/c1-2-11-10(7-17-20-11)12(19)18-9-5-3-8(4-6-9)13(14,15)16;1-7-5-3-2-4-6-7/h3-7H,2H2,1H3,(H,18,19);2-6H,1H3. The summed E-state index contributed by atoms with van der Waals surface area (Å²) in [7, 11) is 0. The summed E-state index contributed by atoms with van der Waals surface area (Å²) in [5.74, 6) is -0.0442. The van der Waals surface area contributed by atoms with Crippen LogP contribution in [0.15, 0.2) is 65.3 Å². The van der Waals surface area contributed by atoms with Crippen molar-refractivity contribution < 1.29 is 22.5 Å². The minimum Gasteiger partial charge on any atom is -0.361 e. The molecule has 0 aliphatic carbocycles. The van der Waals surface area contributed by atoms with E-state index in [1.165, 1.54) is 23.9 Å². The Kier molecular flexibility index (Phi) is 6.76. The topological polar surface area (TPSA) is 55.1 Å². The Morgan fingerprint density at radius 1 is 1.07 bits per heavy atom. The number of alkyl halides is 3. The van der Waals surface area contributed by atoms with Crippen LogP contribution >= 0.6 is 0 Å². The van der Waals surface area contributed by atoms with Crippen LogP contribution < -0.4 is 5.32 Å². The van der Waals surface area contributed by atoms with Crippen LogP contribution in [0.25, 0.3) is 0 Å². The van der Waals surface area contributed by atoms with Crippen molar-refractivity contribution in [3.05, 3.63) is 83.2 Å². The van der Waals surface area contributed by atoms with Gasteiger partial charge in [-0.1, -0.05) is 48.0 Å². The van der Waals surface area contributed by atoms with Crippen molar-refractivity contribution in [2.45, 2.75) is 26.4 Å². The van der Waals surface area contributed by atoms with Crippen molar-refractivity contribution >= 4 is 11.6 Å². The summed E-state index contributed by atoms with van der Waals surface area (Å²) in [6.07, 6.45) is -2.62. The molecule has 3 rings (SSSR count). The summed E-state index contributed by atoms with van der Waals surface area (Å²) in [5.41, 5.74) is 1.09. The second kappa shape index (κ2) is 9.02. The molecule has 0 radical (unpaired) electrons. The van der Waals surface area contributed by atoms with Crippen LogP contribution in [0.4, 0.5) is 18.9 Å². The van der Waals surface area contributed by atoms with E-state index in [9.17, 15) is 18.0 Å². The molecule has 4 nitrogen and oxygen atoms in total. The first kappa shape index (κ1) is 20.2. The highest BCUT2D eigenvalue weighted by Gasteiger charge is 2.30. The van der Waals surface area contributed by atoms with Crippen molar-refractivity contribution in [1.82, 2.24) is 5.16 Å². The Morgan fingerprint density at radius 2 is 1.70 bits per heavy atom. The minimum atomic E-state index is -4.40. The molecule has 0 aliphatic heterocycles. The highest BCUT2D eigenvalue weighted by atomic mass is 19.4. The van der Waals surface area contributed by atoms with Crippen molar-refractivity contribution in [2.75, 3.05) is 5.32 Å². The lowest BCUT2D eigenvalue weighted by molar-refractivity contribution is -0.137. The van der Waals surface area contributed by atoms with Gasteiger partial charge in [0.2, 0.25) is 0 Å². The number of halogens is 3. The SMILES string of the molecule is CCc1oncc1C(=O)Nc1ccc(C(F)(F)F)cc1.Cc1ccccc1. The second-order valence-electron chi connectivity index (χ2n) is 5.70. The van der Waals surface area contributed by atoms with Crippen molar-refractivity contribution in [3.8, 4) is 0 Å². The van der Waals surface area contributed by atoms with Gasteiger partial charge in [0.1, 0.15) is 11.3 Å². The van der Waals surface area contributed by atoms with Gasteiger partial charge in [0.15, 0.2) is 0 Å². The number of carbonyl (C=O) groups excluding carboxylic acids is 1. The van der Waals surface area contributed by atoms with E-state index >= 15 is 0 Å². The number of aromatic nitrogens is 1.